The van der Waals surface area contributed by atoms with Crippen LogP contribution in [0, 0.1) is 0 Å². The molecule has 0 saturated heterocycles. The summed E-state index contributed by atoms with van der Waals surface area (Å²) in [7, 11) is 4.83. The lowest BCUT2D eigenvalue weighted by molar-refractivity contribution is 0.118. The molecule has 0 atom stereocenters. The Hall–Kier alpha value is 0.194. The van der Waals surface area contributed by atoms with Crippen LogP contribution in [0.5, 0.6) is 0 Å². The first kappa shape index (κ1) is 25.2. The maximum absolute atomic E-state index is 5.36. The Kier molecular flexibility index (Phi) is 16.2. The van der Waals surface area contributed by atoms with Gasteiger partial charge in [0.2, 0.25) is 0 Å². The van der Waals surface area contributed by atoms with Gasteiger partial charge in [0.25, 0.3) is 0 Å². The minimum atomic E-state index is -2.45. The van der Waals surface area contributed by atoms with E-state index in [0.717, 1.165) is 24.9 Å². The van der Waals surface area contributed by atoms with E-state index in [0.29, 0.717) is 0 Å². The summed E-state index contributed by atoms with van der Waals surface area (Å²) in [4.78, 5) is 0. The second-order valence-corrected chi connectivity index (χ2v) is 9.98. The molecule has 0 spiro atoms. The van der Waals surface area contributed by atoms with Crippen LogP contribution in [0.25, 0.3) is 0 Å². The lowest BCUT2D eigenvalue weighted by Gasteiger charge is -2.26. The zero-order valence-electron chi connectivity index (χ0n) is 12.3. The molecule has 126 valence electrons. The van der Waals surface area contributed by atoms with Crippen LogP contribution in [0.15, 0.2) is 0 Å². The van der Waals surface area contributed by atoms with E-state index in [1.807, 2.05) is 0 Å². The summed E-state index contributed by atoms with van der Waals surface area (Å²) in [6.07, 6.45) is 1.85. The van der Waals surface area contributed by atoms with Gasteiger partial charge >= 0.3 is 17.6 Å². The maximum Gasteiger partial charge on any atom is 0.500 e. The highest BCUT2D eigenvalue weighted by Crippen LogP contribution is 2.21. The van der Waals surface area contributed by atoms with Gasteiger partial charge in [-0.3, -0.25) is 0 Å². The maximum atomic E-state index is 5.36. The summed E-state index contributed by atoms with van der Waals surface area (Å²) in [6, 6.07) is 1.55. The smallest absolute Gasteiger partial charge is 0.377 e. The Morgan fingerprint density at radius 1 is 0.500 bits per heavy atom. The van der Waals surface area contributed by atoms with Gasteiger partial charge in [-0.1, -0.05) is 14.9 Å². The molecule has 0 fully saturated rings. The van der Waals surface area contributed by atoms with Crippen LogP contribution in [0.4, 0.5) is 0 Å². The molecular formula is C12H34O6Si2. The van der Waals surface area contributed by atoms with E-state index in [1.165, 1.54) is 0 Å². The molecule has 0 aromatic heterocycles. The van der Waals surface area contributed by atoms with Crippen molar-refractivity contribution in [3.8, 4) is 0 Å². The minimum Gasteiger partial charge on any atom is -0.377 e. The predicted octanol–water partition coefficient (Wildman–Crippen LogP) is 2.80. The second kappa shape index (κ2) is 12.9. The summed E-state index contributed by atoms with van der Waals surface area (Å²) in [5.74, 6) is 0. The van der Waals surface area contributed by atoms with Gasteiger partial charge in [-0.15, -0.1) is 0 Å². The van der Waals surface area contributed by atoms with Gasteiger partial charge in [0, 0.05) is 54.7 Å². The fourth-order valence-corrected chi connectivity index (χ4v) is 5.39. The first-order valence-corrected chi connectivity index (χ1v) is 9.75. The first-order chi connectivity index (χ1) is 8.57. The summed E-state index contributed by atoms with van der Waals surface area (Å²) >= 11 is 0. The molecule has 0 N–H and O–H groups in total. The van der Waals surface area contributed by atoms with E-state index in [9.17, 15) is 0 Å². The van der Waals surface area contributed by atoms with E-state index in [1.54, 1.807) is 42.7 Å². The lowest BCUT2D eigenvalue weighted by atomic mass is 10.4. The second-order valence-electron chi connectivity index (χ2n) is 3.80. The SMILES string of the molecule is C.C.CO[Si](CCCC[Si](OC)(OC)OC)(OC)OC. The van der Waals surface area contributed by atoms with E-state index < -0.39 is 17.6 Å². The first-order valence-electron chi connectivity index (χ1n) is 5.88. The quantitative estimate of drug-likeness (QED) is 0.429. The standard InChI is InChI=1S/C10H26O6Si2.2CH4/c1-11-17(12-2,13-3)9-7-8-10-18(14-4,15-5)16-6;;/h7-10H2,1-6H3;2*1H4. The van der Waals surface area contributed by atoms with Crippen LogP contribution in [-0.4, -0.2) is 60.3 Å². The molecule has 0 bridgehead atoms. The summed E-state index contributed by atoms with van der Waals surface area (Å²) in [5, 5.41) is 0. The molecule has 0 aliphatic heterocycles. The average molecular weight is 331 g/mol. The van der Waals surface area contributed by atoms with Gasteiger partial charge in [0.15, 0.2) is 0 Å². The van der Waals surface area contributed by atoms with Crippen LogP contribution in [0.3, 0.4) is 0 Å². The van der Waals surface area contributed by atoms with Crippen molar-refractivity contribution in [2.75, 3.05) is 42.7 Å². The van der Waals surface area contributed by atoms with Gasteiger partial charge in [-0.05, 0) is 12.8 Å². The molecular weight excluding hydrogens is 296 g/mol. The van der Waals surface area contributed by atoms with Crippen LogP contribution in [0.1, 0.15) is 27.7 Å². The van der Waals surface area contributed by atoms with E-state index in [-0.39, 0.29) is 14.9 Å². The summed E-state index contributed by atoms with van der Waals surface area (Å²) < 4.78 is 32.2. The van der Waals surface area contributed by atoms with Crippen molar-refractivity contribution in [3.63, 3.8) is 0 Å². The Bertz CT molecular complexity index is 172. The minimum absolute atomic E-state index is 0. The van der Waals surface area contributed by atoms with Crippen LogP contribution in [0.2, 0.25) is 12.1 Å². The fourth-order valence-electron chi connectivity index (χ4n) is 1.80. The number of hydrogen-bond donors (Lipinski definition) is 0. The van der Waals surface area contributed by atoms with Crippen molar-refractivity contribution >= 4 is 17.6 Å². The number of rotatable bonds is 11. The largest absolute Gasteiger partial charge is 0.500 e. The molecule has 0 aromatic carbocycles. The molecule has 0 unspecified atom stereocenters. The van der Waals surface area contributed by atoms with Crippen LogP contribution < -0.4 is 0 Å². The van der Waals surface area contributed by atoms with Gasteiger partial charge in [0.1, 0.15) is 0 Å². The predicted molar refractivity (Wildman–Crippen MR) is 85.9 cm³/mol. The van der Waals surface area contributed by atoms with Gasteiger partial charge < -0.3 is 26.6 Å². The molecule has 6 nitrogen and oxygen atoms in total. The molecule has 0 amide bonds. The Labute approximate surface area is 127 Å². The zero-order chi connectivity index (χ0) is 14.1. The normalized spacial score (nSPS) is 11.7. The highest BCUT2D eigenvalue weighted by atomic mass is 28.4. The van der Waals surface area contributed by atoms with Crippen molar-refractivity contribution in [2.45, 2.75) is 39.8 Å². The van der Waals surface area contributed by atoms with Gasteiger partial charge in [-0.2, -0.15) is 0 Å². The van der Waals surface area contributed by atoms with Crippen LogP contribution in [-0.2, 0) is 26.6 Å². The van der Waals surface area contributed by atoms with Gasteiger partial charge in [0.05, 0.1) is 0 Å². The molecule has 8 heteroatoms. The lowest BCUT2D eigenvalue weighted by Crippen LogP contribution is -2.44. The highest BCUT2D eigenvalue weighted by Gasteiger charge is 2.39. The van der Waals surface area contributed by atoms with Crippen LogP contribution >= 0.6 is 0 Å². The average Bonchev–Trinajstić information content (AvgIpc) is 2.45. The molecule has 0 heterocycles. The third-order valence-electron chi connectivity index (χ3n) is 3.08. The molecule has 0 aromatic rings. The third-order valence-corrected chi connectivity index (χ3v) is 8.75. The Morgan fingerprint density at radius 3 is 0.850 bits per heavy atom. The van der Waals surface area contributed by atoms with Gasteiger partial charge in [-0.25, -0.2) is 0 Å². The molecule has 0 radical (unpaired) electrons. The van der Waals surface area contributed by atoms with Crippen molar-refractivity contribution < 1.29 is 26.6 Å². The summed E-state index contributed by atoms with van der Waals surface area (Å²) in [5.41, 5.74) is 0. The molecule has 0 aliphatic carbocycles. The monoisotopic (exact) mass is 330 g/mol. The Balaban J connectivity index is -0.00000144. The van der Waals surface area contributed by atoms with E-state index in [2.05, 4.69) is 0 Å². The van der Waals surface area contributed by atoms with Crippen molar-refractivity contribution in [3.05, 3.63) is 0 Å². The number of hydrogen-bond acceptors (Lipinski definition) is 6. The van der Waals surface area contributed by atoms with E-state index in [4.69, 9.17) is 26.6 Å². The van der Waals surface area contributed by atoms with E-state index >= 15 is 0 Å². The van der Waals surface area contributed by atoms with Crippen molar-refractivity contribution in [2.24, 2.45) is 0 Å². The zero-order valence-corrected chi connectivity index (χ0v) is 14.3. The fraction of sp³-hybridized carbons (Fsp3) is 1.00. The third kappa shape index (κ3) is 7.27. The molecule has 0 saturated carbocycles. The topological polar surface area (TPSA) is 55.4 Å². The molecule has 0 rings (SSSR count). The number of unbranched alkanes of at least 4 members (excludes halogenated alkanes) is 1. The Morgan fingerprint density at radius 2 is 0.700 bits per heavy atom. The van der Waals surface area contributed by atoms with Crippen molar-refractivity contribution in [1.82, 2.24) is 0 Å². The highest BCUT2D eigenvalue weighted by molar-refractivity contribution is 6.61. The summed E-state index contributed by atoms with van der Waals surface area (Å²) in [6.45, 7) is 0. The van der Waals surface area contributed by atoms with Crippen molar-refractivity contribution in [1.29, 1.82) is 0 Å². The molecule has 0 aliphatic rings. The molecule has 20 heavy (non-hydrogen) atoms.